The van der Waals surface area contributed by atoms with E-state index in [2.05, 4.69) is 41.5 Å². The van der Waals surface area contributed by atoms with Gasteiger partial charge in [-0.2, -0.15) is 0 Å². The zero-order valence-corrected chi connectivity index (χ0v) is 35.1. The second-order valence-corrected chi connectivity index (χ2v) is 15.1. The van der Waals surface area contributed by atoms with E-state index < -0.39 is 65.8 Å². The summed E-state index contributed by atoms with van der Waals surface area (Å²) in [6, 6.07) is 28.4. The monoisotopic (exact) mass is 869 g/mol. The number of fused-ring (bicyclic) bond motifs is 1. The van der Waals surface area contributed by atoms with Crippen molar-refractivity contribution in [1.82, 2.24) is 41.5 Å². The van der Waals surface area contributed by atoms with Crippen molar-refractivity contribution in [3.63, 3.8) is 0 Å². The van der Waals surface area contributed by atoms with Gasteiger partial charge in [-0.15, -0.1) is 0 Å². The topological polar surface area (TPSA) is 252 Å². The van der Waals surface area contributed by atoms with E-state index in [1.807, 2.05) is 60.7 Å². The summed E-state index contributed by atoms with van der Waals surface area (Å²) in [7, 11) is 0. The Hall–Kier alpha value is -7.79. The lowest BCUT2D eigenvalue weighted by atomic mass is 10.0. The summed E-state index contributed by atoms with van der Waals surface area (Å²) in [6.07, 6.45) is 3.76. The van der Waals surface area contributed by atoms with Crippen molar-refractivity contribution in [2.75, 3.05) is 6.61 Å². The summed E-state index contributed by atoms with van der Waals surface area (Å²) in [4.78, 5) is 91.9. The highest BCUT2D eigenvalue weighted by Gasteiger charge is 2.33. The molecule has 0 spiro atoms. The van der Waals surface area contributed by atoms with Gasteiger partial charge in [0.25, 0.3) is 0 Å². The minimum absolute atomic E-state index is 0.00377. The molecule has 332 valence electrons. The van der Waals surface area contributed by atoms with Crippen LogP contribution in [0.1, 0.15) is 34.9 Å². The van der Waals surface area contributed by atoms with E-state index in [1.54, 1.807) is 60.8 Å². The SMILES string of the molecule is C[C@@H](NC(=O)[C@H](Cc1c[nH]c2ccccc12)NC(=O)[C@H](COCc1ccccc1)NC(=O)[C@H](Cc1ccccc1)NC(=O)[C@H](Cc1cnc[nH]1)NC(=O)OCc1ccccc1)C(N)=O. The molecule has 0 unspecified atom stereocenters. The summed E-state index contributed by atoms with van der Waals surface area (Å²) in [6.45, 7) is 1.12. The van der Waals surface area contributed by atoms with Crippen molar-refractivity contribution in [2.24, 2.45) is 5.73 Å². The number of H-pyrrole nitrogens is 2. The molecule has 0 radical (unpaired) electrons. The number of amides is 6. The van der Waals surface area contributed by atoms with Gasteiger partial charge in [0.1, 0.15) is 36.8 Å². The van der Waals surface area contributed by atoms with Crippen molar-refractivity contribution in [3.8, 4) is 0 Å². The first-order valence-corrected chi connectivity index (χ1v) is 20.7. The third-order valence-electron chi connectivity index (χ3n) is 10.3. The van der Waals surface area contributed by atoms with Crippen molar-refractivity contribution < 1.29 is 38.2 Å². The molecule has 0 aliphatic heterocycles. The Bertz CT molecular complexity index is 2470. The second kappa shape index (κ2) is 22.9. The maximum atomic E-state index is 14.5. The Kier molecular flexibility index (Phi) is 16.3. The number of ether oxygens (including phenoxy) is 2. The van der Waals surface area contributed by atoms with Crippen LogP contribution >= 0.6 is 0 Å². The molecule has 0 aliphatic carbocycles. The van der Waals surface area contributed by atoms with E-state index in [0.717, 1.165) is 22.0 Å². The number of carbonyl (C=O) groups is 6. The number of benzene rings is 4. The number of primary amides is 1. The van der Waals surface area contributed by atoms with E-state index >= 15 is 0 Å². The molecule has 0 bridgehead atoms. The van der Waals surface area contributed by atoms with E-state index in [0.29, 0.717) is 16.8 Å². The smallest absolute Gasteiger partial charge is 0.408 e. The molecule has 17 nitrogen and oxygen atoms in total. The minimum Gasteiger partial charge on any atom is -0.445 e. The lowest BCUT2D eigenvalue weighted by Crippen LogP contribution is -2.60. The van der Waals surface area contributed by atoms with Gasteiger partial charge in [0.15, 0.2) is 0 Å². The number of rotatable bonds is 22. The average molecular weight is 870 g/mol. The van der Waals surface area contributed by atoms with Crippen molar-refractivity contribution in [3.05, 3.63) is 162 Å². The minimum atomic E-state index is -1.40. The molecular formula is C47H51N9O8. The van der Waals surface area contributed by atoms with Gasteiger partial charge in [-0.05, 0) is 35.2 Å². The van der Waals surface area contributed by atoms with Crippen LogP contribution in [0, 0.1) is 0 Å². The predicted octanol–water partition coefficient (Wildman–Crippen LogP) is 2.88. The summed E-state index contributed by atoms with van der Waals surface area (Å²) < 4.78 is 11.4. The second-order valence-electron chi connectivity index (χ2n) is 15.1. The molecule has 0 saturated carbocycles. The number of aromatic nitrogens is 3. The molecule has 2 aromatic heterocycles. The molecule has 4 aromatic carbocycles. The number of nitrogens with one attached hydrogen (secondary N) is 7. The van der Waals surface area contributed by atoms with Gasteiger partial charge in [-0.1, -0.05) is 109 Å². The number of alkyl carbamates (subject to hydrolysis) is 1. The molecular weight excluding hydrogens is 819 g/mol. The molecule has 5 atom stereocenters. The van der Waals surface area contributed by atoms with Crippen molar-refractivity contribution >= 4 is 46.5 Å². The Morgan fingerprint density at radius 3 is 1.75 bits per heavy atom. The van der Waals surface area contributed by atoms with Gasteiger partial charge >= 0.3 is 6.09 Å². The molecule has 0 aliphatic rings. The molecule has 6 amide bonds. The molecule has 2 heterocycles. The molecule has 64 heavy (non-hydrogen) atoms. The maximum absolute atomic E-state index is 14.5. The third-order valence-corrected chi connectivity index (χ3v) is 10.3. The number of hydrogen-bond donors (Lipinski definition) is 8. The number of carbonyl (C=O) groups excluding carboxylic acids is 6. The van der Waals surface area contributed by atoms with Crippen LogP contribution in [0.4, 0.5) is 4.79 Å². The fourth-order valence-electron chi connectivity index (χ4n) is 6.78. The number of hydrogen-bond acceptors (Lipinski definition) is 9. The quantitative estimate of drug-likeness (QED) is 0.0499. The standard InChI is InChI=1S/C47H51N9O8/c1-30(42(48)57)52-43(58)39(22-34-24-50-37-20-12-11-19-36(34)37)54-46(61)41(28-63-26-32-15-7-3-8-16-32)55-44(59)38(21-31-13-5-2-6-14-31)53-45(60)40(23-35-25-49-29-51-35)56-47(62)64-27-33-17-9-4-10-18-33/h2-20,24-25,29-30,38-41,50H,21-23,26-28H2,1H3,(H2,48,57)(H,49,51)(H,52,58)(H,53,60)(H,54,61)(H,55,59)(H,56,62)/t30-,38+,39+,40+,41+/m1/s1. The zero-order valence-electron chi connectivity index (χ0n) is 35.1. The number of nitrogens with zero attached hydrogens (tertiary/aromatic N) is 1. The fourth-order valence-corrected chi connectivity index (χ4v) is 6.78. The van der Waals surface area contributed by atoms with Crippen LogP contribution in [0.15, 0.2) is 134 Å². The summed E-state index contributed by atoms with van der Waals surface area (Å²) in [5, 5.41) is 14.3. The number of nitrogens with two attached hydrogens (primary N) is 1. The van der Waals surface area contributed by atoms with Crippen LogP contribution in [-0.2, 0) is 65.9 Å². The molecule has 6 rings (SSSR count). The van der Waals surface area contributed by atoms with Gasteiger partial charge in [-0.3, -0.25) is 24.0 Å². The van der Waals surface area contributed by atoms with E-state index in [-0.39, 0.29) is 39.1 Å². The molecule has 0 fully saturated rings. The summed E-state index contributed by atoms with van der Waals surface area (Å²) >= 11 is 0. The van der Waals surface area contributed by atoms with Crippen molar-refractivity contribution in [1.29, 1.82) is 0 Å². The predicted molar refractivity (Wildman–Crippen MR) is 237 cm³/mol. The average Bonchev–Trinajstić information content (AvgIpc) is 3.98. The normalized spacial score (nSPS) is 13.3. The summed E-state index contributed by atoms with van der Waals surface area (Å²) in [5.41, 5.74) is 9.73. The van der Waals surface area contributed by atoms with E-state index in [1.165, 1.54) is 19.4 Å². The lowest BCUT2D eigenvalue weighted by molar-refractivity contribution is -0.135. The number of para-hydroxylation sites is 1. The highest BCUT2D eigenvalue weighted by Crippen LogP contribution is 2.19. The number of aromatic amines is 2. The van der Waals surface area contributed by atoms with Gasteiger partial charge < -0.3 is 51.8 Å². The van der Waals surface area contributed by atoms with Crippen LogP contribution in [0.3, 0.4) is 0 Å². The van der Waals surface area contributed by atoms with Gasteiger partial charge in [0, 0.05) is 48.3 Å². The van der Waals surface area contributed by atoms with Crippen LogP contribution in [0.25, 0.3) is 10.9 Å². The van der Waals surface area contributed by atoms with Crippen LogP contribution in [-0.4, -0.2) is 87.4 Å². The molecule has 9 N–H and O–H groups in total. The van der Waals surface area contributed by atoms with Gasteiger partial charge in [-0.25, -0.2) is 9.78 Å². The van der Waals surface area contributed by atoms with Crippen LogP contribution in [0.5, 0.6) is 0 Å². The highest BCUT2D eigenvalue weighted by atomic mass is 16.5. The summed E-state index contributed by atoms with van der Waals surface area (Å²) in [5.74, 6) is -3.72. The third kappa shape index (κ3) is 13.6. The highest BCUT2D eigenvalue weighted by molar-refractivity contribution is 5.96. The lowest BCUT2D eigenvalue weighted by Gasteiger charge is -2.27. The van der Waals surface area contributed by atoms with Crippen LogP contribution < -0.4 is 32.3 Å². The fraction of sp³-hybridized carbons (Fsp3) is 0.255. The molecule has 0 saturated heterocycles. The largest absolute Gasteiger partial charge is 0.445 e. The van der Waals surface area contributed by atoms with E-state index in [4.69, 9.17) is 15.2 Å². The van der Waals surface area contributed by atoms with E-state index in [9.17, 15) is 28.8 Å². The van der Waals surface area contributed by atoms with Crippen molar-refractivity contribution in [2.45, 2.75) is 69.6 Å². The van der Waals surface area contributed by atoms with Gasteiger partial charge in [0.2, 0.25) is 29.5 Å². The maximum Gasteiger partial charge on any atom is 0.408 e. The Morgan fingerprint density at radius 1 is 0.594 bits per heavy atom. The first kappa shape index (κ1) is 45.7. The van der Waals surface area contributed by atoms with Crippen LogP contribution in [0.2, 0.25) is 0 Å². The number of imidazole rings is 1. The Labute approximate surface area is 369 Å². The Morgan fingerprint density at radius 2 is 1.12 bits per heavy atom. The van der Waals surface area contributed by atoms with Gasteiger partial charge in [0.05, 0.1) is 19.5 Å². The zero-order chi connectivity index (χ0) is 45.3. The molecule has 17 heteroatoms. The first-order valence-electron chi connectivity index (χ1n) is 20.7. The first-order chi connectivity index (χ1) is 31.0. The molecule has 6 aromatic rings. The Balaban J connectivity index is 1.24.